The van der Waals surface area contributed by atoms with Crippen LogP contribution in [0.3, 0.4) is 0 Å². The number of hydrogen-bond acceptors (Lipinski definition) is 6. The van der Waals surface area contributed by atoms with Crippen LogP contribution in [0, 0.1) is 5.41 Å². The van der Waals surface area contributed by atoms with Crippen molar-refractivity contribution >= 4 is 11.8 Å². The molecule has 3 rings (SSSR count). The fourth-order valence-electron chi connectivity index (χ4n) is 4.31. The highest BCUT2D eigenvalue weighted by Crippen LogP contribution is 2.21. The Bertz CT molecular complexity index is 719. The molecule has 0 spiro atoms. The fraction of sp³-hybridized carbons (Fsp3) is 0.760. The molecular weight excluding hydrogens is 422 g/mol. The third kappa shape index (κ3) is 9.10. The maximum absolute atomic E-state index is 13.4. The second-order valence-corrected chi connectivity index (χ2v) is 10.3. The van der Waals surface area contributed by atoms with Gasteiger partial charge < -0.3 is 23.7 Å². The minimum absolute atomic E-state index is 0.0351. The van der Waals surface area contributed by atoms with Crippen molar-refractivity contribution in [2.24, 2.45) is 5.41 Å². The molecule has 1 unspecified atom stereocenters. The molecule has 2 aliphatic heterocycles. The number of hydrogen-bond donors (Lipinski definition) is 0. The van der Waals surface area contributed by atoms with E-state index in [4.69, 9.17) is 13.9 Å². The molecule has 8 nitrogen and oxygen atoms in total. The van der Waals surface area contributed by atoms with Crippen molar-refractivity contribution < 1.29 is 23.5 Å². The lowest BCUT2D eigenvalue weighted by Gasteiger charge is -2.31. The monoisotopic (exact) mass is 463 g/mol. The first-order valence-corrected chi connectivity index (χ1v) is 12.3. The molecule has 1 aromatic rings. The van der Waals surface area contributed by atoms with Gasteiger partial charge in [-0.25, -0.2) is 0 Å². The number of ether oxygens (including phenoxy) is 2. The van der Waals surface area contributed by atoms with Crippen LogP contribution in [0.25, 0.3) is 0 Å². The number of carbonyl (C=O) groups excluding carboxylic acids is 2. The molecule has 2 fully saturated rings. The summed E-state index contributed by atoms with van der Waals surface area (Å²) in [5, 5.41) is 0. The zero-order chi connectivity index (χ0) is 23.7. The van der Waals surface area contributed by atoms with E-state index >= 15 is 0 Å². The summed E-state index contributed by atoms with van der Waals surface area (Å²) in [5.74, 6) is 0.713. The first-order valence-electron chi connectivity index (χ1n) is 12.3. The minimum atomic E-state index is -0.131. The summed E-state index contributed by atoms with van der Waals surface area (Å²) in [6.45, 7) is 12.8. The molecule has 1 atom stereocenters. The van der Waals surface area contributed by atoms with E-state index in [0.29, 0.717) is 26.1 Å². The number of morpholine rings is 1. The van der Waals surface area contributed by atoms with Crippen molar-refractivity contribution in [2.75, 3.05) is 59.1 Å². The third-order valence-corrected chi connectivity index (χ3v) is 6.09. The zero-order valence-corrected chi connectivity index (χ0v) is 20.6. The van der Waals surface area contributed by atoms with Gasteiger partial charge in [0, 0.05) is 45.8 Å². The first-order chi connectivity index (χ1) is 15.8. The topological polar surface area (TPSA) is 75.5 Å². The second kappa shape index (κ2) is 12.5. The lowest BCUT2D eigenvalue weighted by Crippen LogP contribution is -2.46. The Morgan fingerprint density at radius 2 is 1.91 bits per heavy atom. The fourth-order valence-corrected chi connectivity index (χ4v) is 4.31. The van der Waals surface area contributed by atoms with Gasteiger partial charge in [-0.2, -0.15) is 0 Å². The molecule has 33 heavy (non-hydrogen) atoms. The van der Waals surface area contributed by atoms with Crippen molar-refractivity contribution in [3.63, 3.8) is 0 Å². The van der Waals surface area contributed by atoms with E-state index < -0.39 is 0 Å². The van der Waals surface area contributed by atoms with Crippen LogP contribution < -0.4 is 0 Å². The molecule has 1 aromatic heterocycles. The Morgan fingerprint density at radius 3 is 2.55 bits per heavy atom. The molecule has 2 saturated heterocycles. The van der Waals surface area contributed by atoms with E-state index in [2.05, 4.69) is 25.7 Å². The van der Waals surface area contributed by atoms with Crippen LogP contribution in [-0.2, 0) is 25.6 Å². The van der Waals surface area contributed by atoms with Crippen molar-refractivity contribution in [2.45, 2.75) is 59.1 Å². The van der Waals surface area contributed by atoms with Gasteiger partial charge in [0.25, 0.3) is 0 Å². The van der Waals surface area contributed by atoms with Gasteiger partial charge in [0.1, 0.15) is 5.76 Å². The van der Waals surface area contributed by atoms with Crippen molar-refractivity contribution in [1.82, 2.24) is 14.7 Å². The SMILES string of the molecule is CC(C)(C)CC(=O)N(CCCN1CCOCC1)CC(=O)N(Cc1ccco1)CC1CCCO1. The Labute approximate surface area is 198 Å². The van der Waals surface area contributed by atoms with E-state index in [1.54, 1.807) is 16.1 Å². The second-order valence-electron chi connectivity index (χ2n) is 10.3. The molecule has 3 heterocycles. The molecule has 2 amide bonds. The Hall–Kier alpha value is -1.90. The lowest BCUT2D eigenvalue weighted by molar-refractivity contribution is -0.143. The van der Waals surface area contributed by atoms with Gasteiger partial charge in [-0.15, -0.1) is 0 Å². The molecule has 0 aromatic carbocycles. The van der Waals surface area contributed by atoms with Crippen LogP contribution in [0.5, 0.6) is 0 Å². The molecule has 0 N–H and O–H groups in total. The average Bonchev–Trinajstić information content (AvgIpc) is 3.46. The molecule has 0 radical (unpaired) electrons. The van der Waals surface area contributed by atoms with E-state index in [1.165, 1.54) is 0 Å². The molecule has 186 valence electrons. The van der Waals surface area contributed by atoms with Crippen LogP contribution in [0.2, 0.25) is 0 Å². The summed E-state index contributed by atoms with van der Waals surface area (Å²) in [6.07, 6.45) is 4.90. The standard InChI is InChI=1S/C25H41N3O5/c1-25(2,3)17-23(29)27(10-6-9-26-11-15-31-16-12-26)20-24(30)28(18-21-7-4-13-32-21)19-22-8-5-14-33-22/h4,7,13,22H,5-6,8-12,14-20H2,1-3H3. The summed E-state index contributed by atoms with van der Waals surface area (Å²) in [4.78, 5) is 32.4. The van der Waals surface area contributed by atoms with Gasteiger partial charge in [0.2, 0.25) is 11.8 Å². The normalized spacial score (nSPS) is 19.5. The van der Waals surface area contributed by atoms with Gasteiger partial charge in [0.05, 0.1) is 38.7 Å². The largest absolute Gasteiger partial charge is 0.467 e. The van der Waals surface area contributed by atoms with E-state index in [-0.39, 0.29) is 29.9 Å². The summed E-state index contributed by atoms with van der Waals surface area (Å²) in [7, 11) is 0. The number of furan rings is 1. The van der Waals surface area contributed by atoms with Gasteiger partial charge in [-0.1, -0.05) is 20.8 Å². The summed E-state index contributed by atoms with van der Waals surface area (Å²) < 4.78 is 16.7. The summed E-state index contributed by atoms with van der Waals surface area (Å²) in [6, 6.07) is 3.70. The molecule has 0 bridgehead atoms. The number of amides is 2. The van der Waals surface area contributed by atoms with Gasteiger partial charge in [-0.05, 0) is 36.8 Å². The van der Waals surface area contributed by atoms with E-state index in [0.717, 1.165) is 64.5 Å². The number of carbonyl (C=O) groups is 2. The van der Waals surface area contributed by atoms with Crippen LogP contribution >= 0.6 is 0 Å². The van der Waals surface area contributed by atoms with Gasteiger partial charge in [-0.3, -0.25) is 14.5 Å². The molecule has 8 heteroatoms. The van der Waals surface area contributed by atoms with E-state index in [9.17, 15) is 9.59 Å². The highest BCUT2D eigenvalue weighted by atomic mass is 16.5. The zero-order valence-electron chi connectivity index (χ0n) is 20.6. The summed E-state index contributed by atoms with van der Waals surface area (Å²) >= 11 is 0. The van der Waals surface area contributed by atoms with Crippen molar-refractivity contribution in [3.05, 3.63) is 24.2 Å². The van der Waals surface area contributed by atoms with Crippen molar-refractivity contribution in [1.29, 1.82) is 0 Å². The van der Waals surface area contributed by atoms with Gasteiger partial charge in [0.15, 0.2) is 0 Å². The predicted molar refractivity (Wildman–Crippen MR) is 126 cm³/mol. The third-order valence-electron chi connectivity index (χ3n) is 6.09. The Balaban J connectivity index is 1.62. The van der Waals surface area contributed by atoms with Crippen LogP contribution in [0.15, 0.2) is 22.8 Å². The summed E-state index contributed by atoms with van der Waals surface area (Å²) in [5.41, 5.74) is -0.131. The molecule has 0 aliphatic carbocycles. The smallest absolute Gasteiger partial charge is 0.242 e. The molecular formula is C25H41N3O5. The number of rotatable bonds is 11. The highest BCUT2D eigenvalue weighted by molar-refractivity contribution is 5.85. The first kappa shape index (κ1) is 25.7. The van der Waals surface area contributed by atoms with E-state index in [1.807, 2.05) is 12.1 Å². The predicted octanol–water partition coefficient (Wildman–Crippen LogP) is 2.77. The average molecular weight is 464 g/mol. The lowest BCUT2D eigenvalue weighted by atomic mass is 9.91. The maximum Gasteiger partial charge on any atom is 0.242 e. The molecule has 2 aliphatic rings. The Kier molecular flexibility index (Phi) is 9.77. The quantitative estimate of drug-likeness (QED) is 0.502. The maximum atomic E-state index is 13.4. The number of nitrogens with zero attached hydrogens (tertiary/aromatic N) is 3. The van der Waals surface area contributed by atoms with Crippen LogP contribution in [0.4, 0.5) is 0 Å². The minimum Gasteiger partial charge on any atom is -0.467 e. The van der Waals surface area contributed by atoms with Crippen LogP contribution in [0.1, 0.15) is 52.2 Å². The molecule has 0 saturated carbocycles. The highest BCUT2D eigenvalue weighted by Gasteiger charge is 2.28. The Morgan fingerprint density at radius 1 is 1.12 bits per heavy atom. The van der Waals surface area contributed by atoms with Gasteiger partial charge >= 0.3 is 0 Å². The van der Waals surface area contributed by atoms with Crippen molar-refractivity contribution in [3.8, 4) is 0 Å². The van der Waals surface area contributed by atoms with Crippen LogP contribution in [-0.4, -0.2) is 91.7 Å².